The summed E-state index contributed by atoms with van der Waals surface area (Å²) in [6.07, 6.45) is 3.01. The number of hydrogen-bond acceptors (Lipinski definition) is 3. The number of primary amides is 1. The van der Waals surface area contributed by atoms with E-state index in [1.54, 1.807) is 6.07 Å². The Morgan fingerprint density at radius 3 is 2.65 bits per heavy atom. The summed E-state index contributed by atoms with van der Waals surface area (Å²) in [6, 6.07) is 4.51. The number of phenols is 1. The summed E-state index contributed by atoms with van der Waals surface area (Å²) in [5.74, 6) is -1.38. The normalized spacial score (nSPS) is 10.6. The number of carbonyl (C=O) groups is 2. The molecule has 5 heteroatoms. The Kier molecular flexibility index (Phi) is 4.28. The summed E-state index contributed by atoms with van der Waals surface area (Å²) in [6.45, 7) is 0. The van der Waals surface area contributed by atoms with Crippen LogP contribution < -0.4 is 5.73 Å². The van der Waals surface area contributed by atoms with Crippen LogP contribution >= 0.6 is 0 Å². The fourth-order valence-corrected chi connectivity index (χ4v) is 1.32. The van der Waals surface area contributed by atoms with Crippen LogP contribution in [-0.4, -0.2) is 22.1 Å². The molecule has 0 spiro atoms. The average Bonchev–Trinajstić information content (AvgIpc) is 2.21. The highest BCUT2D eigenvalue weighted by atomic mass is 16.4. The number of rotatable bonds is 5. The molecule has 0 heterocycles. The van der Waals surface area contributed by atoms with Crippen molar-refractivity contribution in [3.05, 3.63) is 35.4 Å². The van der Waals surface area contributed by atoms with E-state index in [9.17, 15) is 14.7 Å². The molecule has 17 heavy (non-hydrogen) atoms. The summed E-state index contributed by atoms with van der Waals surface area (Å²) in [5.41, 5.74) is 6.00. The number of aromatic hydroxyl groups is 1. The first-order chi connectivity index (χ1) is 7.99. The lowest BCUT2D eigenvalue weighted by molar-refractivity contribution is -0.136. The number of benzene rings is 1. The monoisotopic (exact) mass is 235 g/mol. The van der Waals surface area contributed by atoms with Crippen LogP contribution in [0, 0.1) is 0 Å². The lowest BCUT2D eigenvalue weighted by Gasteiger charge is -2.02. The predicted octanol–water partition coefficient (Wildman–Crippen LogP) is 0.908. The van der Waals surface area contributed by atoms with Gasteiger partial charge in [0.2, 0.25) is 5.91 Å². The van der Waals surface area contributed by atoms with Gasteiger partial charge in [0, 0.05) is 12.0 Å². The van der Waals surface area contributed by atoms with Gasteiger partial charge in [-0.05, 0) is 17.7 Å². The topological polar surface area (TPSA) is 101 Å². The van der Waals surface area contributed by atoms with Gasteiger partial charge in [0.05, 0.1) is 6.42 Å². The molecule has 90 valence electrons. The summed E-state index contributed by atoms with van der Waals surface area (Å²) < 4.78 is 0. The zero-order valence-corrected chi connectivity index (χ0v) is 9.09. The lowest BCUT2D eigenvalue weighted by atomic mass is 10.1. The largest absolute Gasteiger partial charge is 0.507 e. The van der Waals surface area contributed by atoms with Crippen molar-refractivity contribution in [2.75, 3.05) is 0 Å². The molecule has 0 aliphatic heterocycles. The van der Waals surface area contributed by atoms with Crippen LogP contribution in [0.15, 0.2) is 24.3 Å². The molecule has 0 aliphatic rings. The van der Waals surface area contributed by atoms with Crippen molar-refractivity contribution in [2.24, 2.45) is 5.73 Å². The molecule has 5 nitrogen and oxygen atoms in total. The Morgan fingerprint density at radius 1 is 1.35 bits per heavy atom. The van der Waals surface area contributed by atoms with Crippen molar-refractivity contribution >= 4 is 18.0 Å². The van der Waals surface area contributed by atoms with Crippen LogP contribution in [0.25, 0.3) is 6.08 Å². The second-order valence-electron chi connectivity index (χ2n) is 3.54. The molecule has 1 aromatic rings. The summed E-state index contributed by atoms with van der Waals surface area (Å²) in [4.78, 5) is 21.0. The van der Waals surface area contributed by atoms with Crippen molar-refractivity contribution in [1.82, 2.24) is 0 Å². The van der Waals surface area contributed by atoms with Crippen LogP contribution in [0.1, 0.15) is 17.5 Å². The molecule has 0 atom stereocenters. The first kappa shape index (κ1) is 12.8. The molecule has 1 aromatic carbocycles. The maximum Gasteiger partial charge on any atom is 0.307 e. The highest BCUT2D eigenvalue weighted by Crippen LogP contribution is 2.20. The highest BCUT2D eigenvalue weighted by Gasteiger charge is 2.03. The van der Waals surface area contributed by atoms with E-state index in [4.69, 9.17) is 10.8 Å². The van der Waals surface area contributed by atoms with Crippen molar-refractivity contribution in [2.45, 2.75) is 12.8 Å². The molecule has 1 amide bonds. The van der Waals surface area contributed by atoms with Gasteiger partial charge in [-0.3, -0.25) is 9.59 Å². The smallest absolute Gasteiger partial charge is 0.307 e. The number of nitrogens with two attached hydrogens (primary N) is 1. The first-order valence-electron chi connectivity index (χ1n) is 4.97. The van der Waals surface area contributed by atoms with Gasteiger partial charge >= 0.3 is 5.97 Å². The quantitative estimate of drug-likeness (QED) is 0.706. The molecular weight excluding hydrogens is 222 g/mol. The van der Waals surface area contributed by atoms with Gasteiger partial charge in [-0.25, -0.2) is 0 Å². The molecule has 0 aromatic heterocycles. The average molecular weight is 235 g/mol. The van der Waals surface area contributed by atoms with Gasteiger partial charge in [-0.2, -0.15) is 0 Å². The number of carboxylic acids is 1. The molecule has 0 unspecified atom stereocenters. The summed E-state index contributed by atoms with van der Waals surface area (Å²) >= 11 is 0. The van der Waals surface area contributed by atoms with Crippen LogP contribution in [0.3, 0.4) is 0 Å². The zero-order chi connectivity index (χ0) is 12.8. The van der Waals surface area contributed by atoms with Crippen LogP contribution in [0.2, 0.25) is 0 Å². The third kappa shape index (κ3) is 4.38. The predicted molar refractivity (Wildman–Crippen MR) is 62.3 cm³/mol. The van der Waals surface area contributed by atoms with E-state index in [1.165, 1.54) is 24.3 Å². The van der Waals surface area contributed by atoms with Gasteiger partial charge in [0.25, 0.3) is 0 Å². The zero-order valence-electron chi connectivity index (χ0n) is 9.09. The fourth-order valence-electron chi connectivity index (χ4n) is 1.32. The Morgan fingerprint density at radius 2 is 2.06 bits per heavy atom. The molecule has 0 aliphatic carbocycles. The minimum atomic E-state index is -0.942. The minimum Gasteiger partial charge on any atom is -0.507 e. The molecular formula is C12H13NO4. The molecule has 0 saturated heterocycles. The van der Waals surface area contributed by atoms with Crippen LogP contribution in [0.5, 0.6) is 5.75 Å². The number of carbonyl (C=O) groups excluding carboxylic acids is 1. The van der Waals surface area contributed by atoms with Crippen molar-refractivity contribution < 1.29 is 19.8 Å². The Labute approximate surface area is 98.2 Å². The minimum absolute atomic E-state index is 0.0276. The molecule has 0 radical (unpaired) electrons. The number of amides is 1. The molecule has 4 N–H and O–H groups in total. The van der Waals surface area contributed by atoms with Crippen molar-refractivity contribution in [1.29, 1.82) is 0 Å². The second-order valence-corrected chi connectivity index (χ2v) is 3.54. The van der Waals surface area contributed by atoms with Crippen LogP contribution in [0.4, 0.5) is 0 Å². The lowest BCUT2D eigenvalue weighted by Crippen LogP contribution is -2.07. The highest BCUT2D eigenvalue weighted by molar-refractivity contribution is 5.77. The standard InChI is InChI=1S/C12H13NO4/c13-11(15)3-1-2-9-6-8(7-12(16)17)4-5-10(9)14/h1-2,4-6,14H,3,7H2,(H2,13,15)(H,16,17). The van der Waals surface area contributed by atoms with Crippen molar-refractivity contribution in [3.63, 3.8) is 0 Å². The van der Waals surface area contributed by atoms with Gasteiger partial charge < -0.3 is 15.9 Å². The van der Waals surface area contributed by atoms with Gasteiger partial charge in [-0.1, -0.05) is 18.2 Å². The second kappa shape index (κ2) is 5.69. The maximum atomic E-state index is 10.5. The van der Waals surface area contributed by atoms with E-state index >= 15 is 0 Å². The third-order valence-electron chi connectivity index (χ3n) is 2.06. The van der Waals surface area contributed by atoms with Gasteiger partial charge in [0.15, 0.2) is 0 Å². The number of phenolic OH excluding ortho intramolecular Hbond substituents is 1. The molecule has 0 bridgehead atoms. The van der Waals surface area contributed by atoms with Gasteiger partial charge in [0.1, 0.15) is 5.75 Å². The van der Waals surface area contributed by atoms with Crippen molar-refractivity contribution in [3.8, 4) is 5.75 Å². The van der Waals surface area contributed by atoms with E-state index in [-0.39, 0.29) is 18.6 Å². The maximum absolute atomic E-state index is 10.5. The Hall–Kier alpha value is -2.30. The number of hydrogen-bond donors (Lipinski definition) is 3. The van der Waals surface area contributed by atoms with Gasteiger partial charge in [-0.15, -0.1) is 0 Å². The van der Waals surface area contributed by atoms with E-state index in [0.717, 1.165) is 0 Å². The molecule has 1 rings (SSSR count). The number of aliphatic carboxylic acids is 1. The van der Waals surface area contributed by atoms with E-state index in [0.29, 0.717) is 11.1 Å². The fraction of sp³-hybridized carbons (Fsp3) is 0.167. The first-order valence-corrected chi connectivity index (χ1v) is 4.97. The van der Waals surface area contributed by atoms with E-state index < -0.39 is 11.9 Å². The third-order valence-corrected chi connectivity index (χ3v) is 2.06. The summed E-state index contributed by atoms with van der Waals surface area (Å²) in [7, 11) is 0. The van der Waals surface area contributed by atoms with E-state index in [2.05, 4.69) is 0 Å². The Balaban J connectivity index is 2.86. The van der Waals surface area contributed by atoms with E-state index in [1.807, 2.05) is 0 Å². The summed E-state index contributed by atoms with van der Waals surface area (Å²) in [5, 5.41) is 18.2. The SMILES string of the molecule is NC(=O)CC=Cc1cc(CC(=O)O)ccc1O. The molecule has 0 fully saturated rings. The number of carboxylic acid groups (broad SMARTS) is 1. The van der Waals surface area contributed by atoms with Crippen LogP contribution in [-0.2, 0) is 16.0 Å². The Bertz CT molecular complexity index is 466. The molecule has 0 saturated carbocycles.